The van der Waals surface area contributed by atoms with Crippen LogP contribution in [-0.2, 0) is 10.5 Å². The number of methoxy groups -OCH3 is 1. The summed E-state index contributed by atoms with van der Waals surface area (Å²) in [5.74, 6) is 0.0979. The number of ether oxygens (including phenoxy) is 1. The van der Waals surface area contributed by atoms with Gasteiger partial charge in [0, 0.05) is 17.9 Å². The van der Waals surface area contributed by atoms with Gasteiger partial charge >= 0.3 is 0 Å². The largest absolute Gasteiger partial charge is 0.495 e. The molecular formula is C16H15FN2O4S. The highest BCUT2D eigenvalue weighted by atomic mass is 32.2. The number of anilines is 1. The van der Waals surface area contributed by atoms with Gasteiger partial charge in [0.15, 0.2) is 0 Å². The fourth-order valence-electron chi connectivity index (χ4n) is 1.96. The summed E-state index contributed by atoms with van der Waals surface area (Å²) in [6.45, 7) is 0. The smallest absolute Gasteiger partial charge is 0.271 e. The average Bonchev–Trinajstić information content (AvgIpc) is 2.56. The van der Waals surface area contributed by atoms with Gasteiger partial charge in [-0.25, -0.2) is 4.39 Å². The van der Waals surface area contributed by atoms with Crippen molar-refractivity contribution in [3.05, 3.63) is 64.0 Å². The first-order valence-corrected chi connectivity index (χ1v) is 8.10. The number of nitro groups is 1. The molecule has 24 heavy (non-hydrogen) atoms. The number of nitrogens with zero attached hydrogens (tertiary/aromatic N) is 1. The van der Waals surface area contributed by atoms with Gasteiger partial charge in [0.2, 0.25) is 5.91 Å². The molecule has 0 atom stereocenters. The number of nitro benzene ring substituents is 1. The quantitative estimate of drug-likeness (QED) is 0.609. The molecule has 0 aliphatic rings. The minimum absolute atomic E-state index is 0.0835. The predicted molar refractivity (Wildman–Crippen MR) is 90.8 cm³/mol. The average molecular weight is 350 g/mol. The number of benzene rings is 2. The molecule has 0 aromatic heterocycles. The van der Waals surface area contributed by atoms with Crippen LogP contribution in [0.25, 0.3) is 0 Å². The van der Waals surface area contributed by atoms with Crippen LogP contribution in [0.5, 0.6) is 5.75 Å². The highest BCUT2D eigenvalue weighted by Gasteiger charge is 2.14. The molecule has 0 aliphatic heterocycles. The first-order valence-electron chi connectivity index (χ1n) is 6.94. The van der Waals surface area contributed by atoms with Gasteiger partial charge in [-0.05, 0) is 17.7 Å². The molecule has 0 fully saturated rings. The summed E-state index contributed by atoms with van der Waals surface area (Å²) < 4.78 is 18.6. The highest BCUT2D eigenvalue weighted by Crippen LogP contribution is 2.29. The molecule has 126 valence electrons. The zero-order valence-electron chi connectivity index (χ0n) is 12.8. The minimum atomic E-state index is -0.554. The number of thioether (sulfide) groups is 1. The number of non-ortho nitro benzene ring substituents is 1. The van der Waals surface area contributed by atoms with E-state index in [1.165, 1.54) is 43.1 Å². The third-order valence-electron chi connectivity index (χ3n) is 3.12. The summed E-state index contributed by atoms with van der Waals surface area (Å²) in [5.41, 5.74) is 0.594. The number of hydrogen-bond donors (Lipinski definition) is 1. The van der Waals surface area contributed by atoms with Crippen molar-refractivity contribution in [2.24, 2.45) is 0 Å². The van der Waals surface area contributed by atoms with E-state index in [4.69, 9.17) is 4.74 Å². The van der Waals surface area contributed by atoms with Gasteiger partial charge in [0.1, 0.15) is 11.6 Å². The minimum Gasteiger partial charge on any atom is -0.495 e. The Morgan fingerprint density at radius 1 is 1.33 bits per heavy atom. The number of rotatable bonds is 7. The van der Waals surface area contributed by atoms with Crippen LogP contribution in [0.3, 0.4) is 0 Å². The molecule has 2 aromatic rings. The molecule has 0 bridgehead atoms. The van der Waals surface area contributed by atoms with Crippen molar-refractivity contribution in [2.75, 3.05) is 18.2 Å². The van der Waals surface area contributed by atoms with Crippen LogP contribution in [0.2, 0.25) is 0 Å². The number of carbonyl (C=O) groups is 1. The molecule has 2 rings (SSSR count). The Morgan fingerprint density at radius 2 is 2.08 bits per heavy atom. The molecule has 1 amide bonds. The van der Waals surface area contributed by atoms with Crippen LogP contribution in [-0.4, -0.2) is 23.7 Å². The lowest BCUT2D eigenvalue weighted by molar-refractivity contribution is -0.384. The van der Waals surface area contributed by atoms with Gasteiger partial charge in [-0.2, -0.15) is 0 Å². The van der Waals surface area contributed by atoms with Crippen LogP contribution in [0.1, 0.15) is 5.56 Å². The molecule has 0 aliphatic carbocycles. The van der Waals surface area contributed by atoms with E-state index in [-0.39, 0.29) is 28.9 Å². The SMILES string of the molecule is COc1ccc([N+](=O)[O-])cc1NC(=O)CSCc1ccccc1F. The second-order valence-corrected chi connectivity index (χ2v) is 5.76. The number of amides is 1. The van der Waals surface area contributed by atoms with Gasteiger partial charge in [-0.3, -0.25) is 14.9 Å². The molecule has 6 nitrogen and oxygen atoms in total. The maximum Gasteiger partial charge on any atom is 0.271 e. The Balaban J connectivity index is 1.95. The molecule has 0 heterocycles. The van der Waals surface area contributed by atoms with Crippen molar-refractivity contribution in [3.63, 3.8) is 0 Å². The molecule has 0 saturated heterocycles. The molecule has 0 unspecified atom stereocenters. The Kier molecular flexibility index (Phi) is 6.14. The highest BCUT2D eigenvalue weighted by molar-refractivity contribution is 7.99. The van der Waals surface area contributed by atoms with E-state index >= 15 is 0 Å². The molecular weight excluding hydrogens is 335 g/mol. The van der Waals surface area contributed by atoms with Crippen LogP contribution < -0.4 is 10.1 Å². The van der Waals surface area contributed by atoms with Crippen molar-refractivity contribution in [1.82, 2.24) is 0 Å². The zero-order valence-corrected chi connectivity index (χ0v) is 13.6. The predicted octanol–water partition coefficient (Wildman–Crippen LogP) is 3.61. The van der Waals surface area contributed by atoms with E-state index in [1.54, 1.807) is 18.2 Å². The fraction of sp³-hybridized carbons (Fsp3) is 0.188. The lowest BCUT2D eigenvalue weighted by Gasteiger charge is -2.10. The summed E-state index contributed by atoms with van der Waals surface area (Å²) in [5, 5.41) is 13.4. The maximum atomic E-state index is 13.5. The maximum absolute atomic E-state index is 13.5. The van der Waals surface area contributed by atoms with Gasteiger partial charge < -0.3 is 10.1 Å². The van der Waals surface area contributed by atoms with E-state index in [2.05, 4.69) is 5.32 Å². The third-order valence-corrected chi connectivity index (χ3v) is 4.10. The molecule has 0 spiro atoms. The summed E-state index contributed by atoms with van der Waals surface area (Å²) in [4.78, 5) is 22.2. The monoisotopic (exact) mass is 350 g/mol. The zero-order chi connectivity index (χ0) is 17.5. The number of hydrogen-bond acceptors (Lipinski definition) is 5. The van der Waals surface area contributed by atoms with Crippen LogP contribution in [0.4, 0.5) is 15.8 Å². The Labute approximate surface area is 142 Å². The Morgan fingerprint density at radius 3 is 2.75 bits per heavy atom. The lowest BCUT2D eigenvalue weighted by Crippen LogP contribution is -2.15. The second kappa shape index (κ2) is 8.30. The number of carbonyl (C=O) groups excluding carboxylic acids is 1. The van der Waals surface area contributed by atoms with E-state index in [9.17, 15) is 19.3 Å². The van der Waals surface area contributed by atoms with E-state index < -0.39 is 4.92 Å². The fourth-order valence-corrected chi connectivity index (χ4v) is 2.78. The Hall–Kier alpha value is -2.61. The van der Waals surface area contributed by atoms with Gasteiger partial charge in [0.25, 0.3) is 5.69 Å². The van der Waals surface area contributed by atoms with Crippen molar-refractivity contribution >= 4 is 29.0 Å². The molecule has 8 heteroatoms. The van der Waals surface area contributed by atoms with Gasteiger partial charge in [-0.15, -0.1) is 11.8 Å². The number of halogens is 1. The molecule has 0 radical (unpaired) electrons. The van der Waals surface area contributed by atoms with Gasteiger partial charge in [-0.1, -0.05) is 18.2 Å². The normalized spacial score (nSPS) is 10.2. The summed E-state index contributed by atoms with van der Waals surface area (Å²) in [6.07, 6.45) is 0. The Bertz CT molecular complexity index is 755. The van der Waals surface area contributed by atoms with Crippen LogP contribution in [0.15, 0.2) is 42.5 Å². The molecule has 0 saturated carbocycles. The van der Waals surface area contributed by atoms with E-state index in [0.29, 0.717) is 17.1 Å². The van der Waals surface area contributed by atoms with E-state index in [0.717, 1.165) is 0 Å². The van der Waals surface area contributed by atoms with Crippen LogP contribution >= 0.6 is 11.8 Å². The van der Waals surface area contributed by atoms with Crippen molar-refractivity contribution in [2.45, 2.75) is 5.75 Å². The first kappa shape index (κ1) is 17.7. The topological polar surface area (TPSA) is 81.5 Å². The van der Waals surface area contributed by atoms with Crippen molar-refractivity contribution < 1.29 is 18.8 Å². The van der Waals surface area contributed by atoms with Crippen LogP contribution in [0, 0.1) is 15.9 Å². The first-order chi connectivity index (χ1) is 11.5. The summed E-state index contributed by atoms with van der Waals surface area (Å²) in [6, 6.07) is 10.3. The summed E-state index contributed by atoms with van der Waals surface area (Å²) in [7, 11) is 1.41. The second-order valence-electron chi connectivity index (χ2n) is 4.77. The van der Waals surface area contributed by atoms with Crippen molar-refractivity contribution in [1.29, 1.82) is 0 Å². The van der Waals surface area contributed by atoms with Gasteiger partial charge in [0.05, 0.1) is 23.5 Å². The molecule has 1 N–H and O–H groups in total. The number of nitrogens with one attached hydrogen (secondary N) is 1. The third kappa shape index (κ3) is 4.69. The standard InChI is InChI=1S/C16H15FN2O4S/c1-23-15-7-6-12(19(21)22)8-14(15)18-16(20)10-24-9-11-4-2-3-5-13(11)17/h2-8H,9-10H2,1H3,(H,18,20). The lowest BCUT2D eigenvalue weighted by atomic mass is 10.2. The van der Waals surface area contributed by atoms with E-state index in [1.807, 2.05) is 0 Å². The van der Waals surface area contributed by atoms with Crippen molar-refractivity contribution in [3.8, 4) is 5.75 Å². The molecule has 2 aromatic carbocycles. The summed E-state index contributed by atoms with van der Waals surface area (Å²) >= 11 is 1.25.